The molecule has 1 aromatic carbocycles. The Balaban J connectivity index is 2.49. The van der Waals surface area contributed by atoms with Crippen molar-refractivity contribution >= 4 is 12.0 Å². The molecule has 1 aromatic rings. The van der Waals surface area contributed by atoms with Gasteiger partial charge in [-0.25, -0.2) is 0 Å². The van der Waals surface area contributed by atoms with E-state index in [1.54, 1.807) is 4.90 Å². The fourth-order valence-corrected chi connectivity index (χ4v) is 1.38. The molecule has 1 N–H and O–H groups in total. The van der Waals surface area contributed by atoms with Crippen LogP contribution in [0.15, 0.2) is 36.4 Å². The predicted octanol–water partition coefficient (Wildman–Crippen LogP) is 1.54. The maximum atomic E-state index is 11.2. The van der Waals surface area contributed by atoms with Gasteiger partial charge in [0.25, 0.3) is 0 Å². The molecular weight excluding hydrogens is 202 g/mol. The van der Waals surface area contributed by atoms with Crippen molar-refractivity contribution in [1.29, 1.82) is 0 Å². The molecule has 0 heterocycles. The summed E-state index contributed by atoms with van der Waals surface area (Å²) >= 11 is 0. The zero-order chi connectivity index (χ0) is 11.8. The molecule has 3 heteroatoms. The summed E-state index contributed by atoms with van der Waals surface area (Å²) in [6, 6.07) is 9.90. The van der Waals surface area contributed by atoms with Crippen LogP contribution < -0.4 is 0 Å². The van der Waals surface area contributed by atoms with E-state index in [0.717, 1.165) is 5.56 Å². The Labute approximate surface area is 96.0 Å². The third-order valence-corrected chi connectivity index (χ3v) is 2.25. The number of aliphatic hydroxyl groups is 1. The molecule has 0 bridgehead atoms. The number of carbonyl (C=O) groups excluding carboxylic acids is 1. The molecule has 0 fully saturated rings. The lowest BCUT2D eigenvalue weighted by atomic mass is 10.2. The van der Waals surface area contributed by atoms with Gasteiger partial charge in [0, 0.05) is 20.0 Å². The number of carbonyl (C=O) groups is 1. The number of benzene rings is 1. The van der Waals surface area contributed by atoms with Crippen molar-refractivity contribution in [2.24, 2.45) is 0 Å². The smallest absolute Gasteiger partial charge is 0.219 e. The van der Waals surface area contributed by atoms with Crippen molar-refractivity contribution in [3.05, 3.63) is 42.0 Å². The second-order valence-corrected chi connectivity index (χ2v) is 3.50. The molecule has 0 saturated carbocycles. The Kier molecular flexibility index (Phi) is 5.29. The lowest BCUT2D eigenvalue weighted by Crippen LogP contribution is -2.31. The molecule has 3 nitrogen and oxygen atoms in total. The topological polar surface area (TPSA) is 40.5 Å². The number of hydrogen-bond donors (Lipinski definition) is 1. The molecule has 0 saturated heterocycles. The van der Waals surface area contributed by atoms with Crippen molar-refractivity contribution in [2.45, 2.75) is 6.92 Å². The predicted molar refractivity (Wildman–Crippen MR) is 64.8 cm³/mol. The van der Waals surface area contributed by atoms with Gasteiger partial charge in [0.1, 0.15) is 0 Å². The van der Waals surface area contributed by atoms with Crippen LogP contribution in [0.2, 0.25) is 0 Å². The van der Waals surface area contributed by atoms with Gasteiger partial charge >= 0.3 is 0 Å². The van der Waals surface area contributed by atoms with Gasteiger partial charge in [0.15, 0.2) is 0 Å². The number of amides is 1. The molecule has 0 aliphatic carbocycles. The second kappa shape index (κ2) is 6.80. The lowest BCUT2D eigenvalue weighted by molar-refractivity contribution is -0.128. The molecular formula is C13H17NO2. The zero-order valence-corrected chi connectivity index (χ0v) is 9.47. The van der Waals surface area contributed by atoms with Crippen LogP contribution in [0.3, 0.4) is 0 Å². The first-order valence-corrected chi connectivity index (χ1v) is 5.32. The van der Waals surface area contributed by atoms with Gasteiger partial charge in [0.05, 0.1) is 6.61 Å². The SMILES string of the molecule is CC(=O)N(CC=Cc1ccccc1)CCO. The largest absolute Gasteiger partial charge is 0.395 e. The minimum atomic E-state index is -0.0215. The van der Waals surface area contributed by atoms with Crippen LogP contribution in [-0.4, -0.2) is 35.6 Å². The number of rotatable bonds is 5. The maximum absolute atomic E-state index is 11.2. The summed E-state index contributed by atoms with van der Waals surface area (Å²) < 4.78 is 0. The van der Waals surface area contributed by atoms with E-state index in [4.69, 9.17) is 5.11 Å². The first-order valence-electron chi connectivity index (χ1n) is 5.32. The first-order chi connectivity index (χ1) is 7.74. The van der Waals surface area contributed by atoms with E-state index in [1.165, 1.54) is 6.92 Å². The quantitative estimate of drug-likeness (QED) is 0.816. The summed E-state index contributed by atoms with van der Waals surface area (Å²) in [6.07, 6.45) is 3.89. The van der Waals surface area contributed by atoms with E-state index in [9.17, 15) is 4.79 Å². The van der Waals surface area contributed by atoms with Gasteiger partial charge in [-0.1, -0.05) is 42.5 Å². The summed E-state index contributed by atoms with van der Waals surface area (Å²) in [5, 5.41) is 8.78. The van der Waals surface area contributed by atoms with Gasteiger partial charge in [-0.15, -0.1) is 0 Å². The van der Waals surface area contributed by atoms with Crippen molar-refractivity contribution in [2.75, 3.05) is 19.7 Å². The van der Waals surface area contributed by atoms with E-state index < -0.39 is 0 Å². The number of hydrogen-bond acceptors (Lipinski definition) is 2. The Bertz CT molecular complexity index is 346. The Morgan fingerprint density at radius 3 is 2.62 bits per heavy atom. The minimum Gasteiger partial charge on any atom is -0.395 e. The molecule has 0 aromatic heterocycles. The third-order valence-electron chi connectivity index (χ3n) is 2.25. The van der Waals surface area contributed by atoms with Crippen molar-refractivity contribution < 1.29 is 9.90 Å². The Morgan fingerprint density at radius 1 is 1.38 bits per heavy atom. The van der Waals surface area contributed by atoms with Crippen LogP contribution >= 0.6 is 0 Å². The average Bonchev–Trinajstić information content (AvgIpc) is 2.29. The second-order valence-electron chi connectivity index (χ2n) is 3.50. The highest BCUT2D eigenvalue weighted by molar-refractivity contribution is 5.73. The minimum absolute atomic E-state index is 0.00123. The molecule has 0 unspecified atom stereocenters. The maximum Gasteiger partial charge on any atom is 0.219 e. The fourth-order valence-electron chi connectivity index (χ4n) is 1.38. The molecule has 0 radical (unpaired) electrons. The summed E-state index contributed by atoms with van der Waals surface area (Å²) in [6.45, 7) is 2.42. The van der Waals surface area contributed by atoms with Gasteiger partial charge in [-0.2, -0.15) is 0 Å². The molecule has 0 spiro atoms. The highest BCUT2D eigenvalue weighted by Gasteiger charge is 2.04. The van der Waals surface area contributed by atoms with E-state index >= 15 is 0 Å². The van der Waals surface area contributed by atoms with Crippen LogP contribution in [0.5, 0.6) is 0 Å². The zero-order valence-electron chi connectivity index (χ0n) is 9.47. The number of nitrogens with zero attached hydrogens (tertiary/aromatic N) is 1. The third kappa shape index (κ3) is 4.28. The molecule has 0 aliphatic heterocycles. The highest BCUT2D eigenvalue weighted by atomic mass is 16.3. The summed E-state index contributed by atoms with van der Waals surface area (Å²) in [7, 11) is 0. The van der Waals surface area contributed by atoms with Crippen LogP contribution in [0.1, 0.15) is 12.5 Å². The normalized spacial score (nSPS) is 10.6. The molecule has 0 atom stereocenters. The highest BCUT2D eigenvalue weighted by Crippen LogP contribution is 2.01. The molecule has 86 valence electrons. The van der Waals surface area contributed by atoms with E-state index in [-0.39, 0.29) is 12.5 Å². The van der Waals surface area contributed by atoms with Gasteiger partial charge in [-0.3, -0.25) is 4.79 Å². The summed E-state index contributed by atoms with van der Waals surface area (Å²) in [5.41, 5.74) is 1.11. The Morgan fingerprint density at radius 2 is 2.06 bits per heavy atom. The standard InChI is InChI=1S/C13H17NO2/c1-12(16)14(10-11-15)9-5-8-13-6-3-2-4-7-13/h2-8,15H,9-11H2,1H3. The average molecular weight is 219 g/mol. The van der Waals surface area contributed by atoms with Crippen molar-refractivity contribution in [3.8, 4) is 0 Å². The summed E-state index contributed by atoms with van der Waals surface area (Å²) in [5.74, 6) is -0.0215. The number of aliphatic hydroxyl groups excluding tert-OH is 1. The molecule has 16 heavy (non-hydrogen) atoms. The van der Waals surface area contributed by atoms with E-state index in [0.29, 0.717) is 13.1 Å². The summed E-state index contributed by atoms with van der Waals surface area (Å²) in [4.78, 5) is 12.8. The fraction of sp³-hybridized carbons (Fsp3) is 0.308. The van der Waals surface area contributed by atoms with Gasteiger partial charge in [-0.05, 0) is 5.56 Å². The molecule has 1 rings (SSSR count). The van der Waals surface area contributed by atoms with Crippen LogP contribution in [0.4, 0.5) is 0 Å². The monoisotopic (exact) mass is 219 g/mol. The van der Waals surface area contributed by atoms with Crippen LogP contribution in [0, 0.1) is 0 Å². The first kappa shape index (κ1) is 12.5. The lowest BCUT2D eigenvalue weighted by Gasteiger charge is -2.17. The van der Waals surface area contributed by atoms with Crippen molar-refractivity contribution in [3.63, 3.8) is 0 Å². The van der Waals surface area contributed by atoms with Crippen molar-refractivity contribution in [1.82, 2.24) is 4.90 Å². The van der Waals surface area contributed by atoms with Crippen LogP contribution in [-0.2, 0) is 4.79 Å². The Hall–Kier alpha value is -1.61. The van der Waals surface area contributed by atoms with E-state index in [2.05, 4.69) is 0 Å². The van der Waals surface area contributed by atoms with E-state index in [1.807, 2.05) is 42.5 Å². The molecule has 0 aliphatic rings. The van der Waals surface area contributed by atoms with Gasteiger partial charge in [0.2, 0.25) is 5.91 Å². The molecule has 1 amide bonds. The van der Waals surface area contributed by atoms with Crippen LogP contribution in [0.25, 0.3) is 6.08 Å². The van der Waals surface area contributed by atoms with Gasteiger partial charge < -0.3 is 10.0 Å².